The minimum atomic E-state index is -0.958. The van der Waals surface area contributed by atoms with E-state index in [1.165, 1.54) is 6.20 Å². The number of nitrogens with zero attached hydrogens (tertiary/aromatic N) is 3. The number of benzene rings is 1. The third-order valence-electron chi connectivity index (χ3n) is 3.58. The monoisotopic (exact) mass is 371 g/mol. The molecule has 2 N–H and O–H groups in total. The molecule has 3 aromatic rings. The predicted octanol–water partition coefficient (Wildman–Crippen LogP) is 2.30. The van der Waals surface area contributed by atoms with Gasteiger partial charge >= 0.3 is 0 Å². The number of carbonyl (C=O) groups excluding carboxylic acids is 2. The molecule has 0 spiro atoms. The smallest absolute Gasteiger partial charge is 0.254 e. The summed E-state index contributed by atoms with van der Waals surface area (Å²) in [6.45, 7) is 0.000280. The standard InChI is InChI=1S/C18H15F2N5O2/c19-12-2-4-14(15(20)10-12)18(27)21-8-6-17(26)24-13-3-5-16(22-11-13)25-9-1-7-23-25/h1-5,7,9-11H,6,8H2,(H,21,27)(H,24,26). The molecular formula is C18H15F2N5O2. The van der Waals surface area contributed by atoms with Gasteiger partial charge < -0.3 is 10.6 Å². The SMILES string of the molecule is O=C(CCNC(=O)c1ccc(F)cc1F)Nc1ccc(-n2cccn2)nc1. The Kier molecular flexibility index (Phi) is 5.50. The van der Waals surface area contributed by atoms with Gasteiger partial charge in [0.15, 0.2) is 5.82 Å². The Labute approximate surface area is 153 Å². The van der Waals surface area contributed by atoms with Crippen molar-refractivity contribution < 1.29 is 18.4 Å². The minimum absolute atomic E-state index is 0.000280. The summed E-state index contributed by atoms with van der Waals surface area (Å²) in [6.07, 6.45) is 4.84. The van der Waals surface area contributed by atoms with Crippen molar-refractivity contribution in [1.82, 2.24) is 20.1 Å². The average molecular weight is 371 g/mol. The first-order chi connectivity index (χ1) is 13.0. The molecule has 0 saturated carbocycles. The van der Waals surface area contributed by atoms with E-state index in [0.29, 0.717) is 17.6 Å². The highest BCUT2D eigenvalue weighted by Gasteiger charge is 2.12. The number of carbonyl (C=O) groups is 2. The van der Waals surface area contributed by atoms with E-state index in [9.17, 15) is 18.4 Å². The first kappa shape index (κ1) is 18.2. The highest BCUT2D eigenvalue weighted by molar-refractivity contribution is 5.95. The summed E-state index contributed by atoms with van der Waals surface area (Å²) in [4.78, 5) is 28.0. The highest BCUT2D eigenvalue weighted by Crippen LogP contribution is 2.10. The molecule has 2 amide bonds. The van der Waals surface area contributed by atoms with Crippen molar-refractivity contribution in [1.29, 1.82) is 0 Å². The molecule has 0 fully saturated rings. The molecule has 0 radical (unpaired) electrons. The Hall–Kier alpha value is -3.62. The van der Waals surface area contributed by atoms with Crippen LogP contribution in [0.4, 0.5) is 14.5 Å². The first-order valence-corrected chi connectivity index (χ1v) is 8.02. The van der Waals surface area contributed by atoms with E-state index in [1.807, 2.05) is 0 Å². The molecule has 27 heavy (non-hydrogen) atoms. The van der Waals surface area contributed by atoms with Gasteiger partial charge in [-0.25, -0.2) is 18.4 Å². The lowest BCUT2D eigenvalue weighted by Crippen LogP contribution is -2.28. The number of rotatable bonds is 6. The van der Waals surface area contributed by atoms with Crippen LogP contribution in [-0.2, 0) is 4.79 Å². The largest absolute Gasteiger partial charge is 0.351 e. The van der Waals surface area contributed by atoms with Crippen LogP contribution in [0.2, 0.25) is 0 Å². The van der Waals surface area contributed by atoms with Crippen molar-refractivity contribution in [3.05, 3.63) is 72.2 Å². The molecule has 2 heterocycles. The molecule has 1 aromatic carbocycles. The molecule has 2 aromatic heterocycles. The van der Waals surface area contributed by atoms with E-state index in [0.717, 1.165) is 12.1 Å². The fraction of sp³-hybridized carbons (Fsp3) is 0.111. The van der Waals surface area contributed by atoms with Gasteiger partial charge in [-0.2, -0.15) is 5.10 Å². The summed E-state index contributed by atoms with van der Waals surface area (Å²) in [5.41, 5.74) is 0.210. The minimum Gasteiger partial charge on any atom is -0.351 e. The van der Waals surface area contributed by atoms with Gasteiger partial charge in [-0.15, -0.1) is 0 Å². The van der Waals surface area contributed by atoms with Crippen LogP contribution >= 0.6 is 0 Å². The predicted molar refractivity (Wildman–Crippen MR) is 93.3 cm³/mol. The molecule has 0 atom stereocenters. The van der Waals surface area contributed by atoms with Gasteiger partial charge in [0, 0.05) is 31.4 Å². The number of hydrogen-bond donors (Lipinski definition) is 2. The van der Waals surface area contributed by atoms with E-state index < -0.39 is 17.5 Å². The lowest BCUT2D eigenvalue weighted by atomic mass is 10.2. The number of anilines is 1. The molecule has 0 aliphatic rings. The summed E-state index contributed by atoms with van der Waals surface area (Å²) in [6, 6.07) is 7.80. The summed E-state index contributed by atoms with van der Waals surface area (Å²) >= 11 is 0. The molecule has 7 nitrogen and oxygen atoms in total. The van der Waals surface area contributed by atoms with Crippen LogP contribution < -0.4 is 10.6 Å². The van der Waals surface area contributed by atoms with Gasteiger partial charge in [0.1, 0.15) is 11.6 Å². The lowest BCUT2D eigenvalue weighted by molar-refractivity contribution is -0.116. The third-order valence-corrected chi connectivity index (χ3v) is 3.58. The Bertz CT molecular complexity index is 943. The third kappa shape index (κ3) is 4.72. The molecule has 9 heteroatoms. The Morgan fingerprint density at radius 1 is 1.15 bits per heavy atom. The van der Waals surface area contributed by atoms with Crippen molar-refractivity contribution in [2.45, 2.75) is 6.42 Å². The van der Waals surface area contributed by atoms with Crippen LogP contribution in [0.1, 0.15) is 16.8 Å². The Balaban J connectivity index is 1.47. The van der Waals surface area contributed by atoms with E-state index in [4.69, 9.17) is 0 Å². The van der Waals surface area contributed by atoms with Crippen LogP contribution in [0.5, 0.6) is 0 Å². The fourth-order valence-electron chi connectivity index (χ4n) is 2.28. The lowest BCUT2D eigenvalue weighted by Gasteiger charge is -2.08. The molecule has 138 valence electrons. The Morgan fingerprint density at radius 3 is 2.67 bits per heavy atom. The molecule has 0 saturated heterocycles. The van der Waals surface area contributed by atoms with Crippen molar-refractivity contribution in [3.63, 3.8) is 0 Å². The van der Waals surface area contributed by atoms with Gasteiger partial charge in [-0.3, -0.25) is 9.59 Å². The maximum atomic E-state index is 13.5. The fourth-order valence-corrected chi connectivity index (χ4v) is 2.28. The second kappa shape index (κ2) is 8.17. The summed E-state index contributed by atoms with van der Waals surface area (Å²) in [7, 11) is 0. The normalized spacial score (nSPS) is 10.4. The number of halogens is 2. The summed E-state index contributed by atoms with van der Waals surface area (Å²) in [5.74, 6) is -2.18. The maximum Gasteiger partial charge on any atom is 0.254 e. The highest BCUT2D eigenvalue weighted by atomic mass is 19.1. The number of nitrogens with one attached hydrogen (secondary N) is 2. The summed E-state index contributed by atoms with van der Waals surface area (Å²) < 4.78 is 27.9. The van der Waals surface area contributed by atoms with Crippen molar-refractivity contribution in [2.24, 2.45) is 0 Å². The van der Waals surface area contributed by atoms with Crippen molar-refractivity contribution in [2.75, 3.05) is 11.9 Å². The zero-order chi connectivity index (χ0) is 19.2. The number of amides is 2. The summed E-state index contributed by atoms with van der Waals surface area (Å²) in [5, 5.41) is 9.10. The molecule has 0 aliphatic heterocycles. The van der Waals surface area contributed by atoms with Crippen LogP contribution in [0.25, 0.3) is 5.82 Å². The van der Waals surface area contributed by atoms with E-state index in [2.05, 4.69) is 20.7 Å². The number of hydrogen-bond acceptors (Lipinski definition) is 4. The molecular weight excluding hydrogens is 356 g/mol. The molecule has 0 aliphatic carbocycles. The van der Waals surface area contributed by atoms with E-state index >= 15 is 0 Å². The van der Waals surface area contributed by atoms with E-state index in [-0.39, 0.29) is 24.4 Å². The zero-order valence-corrected chi connectivity index (χ0v) is 14.0. The first-order valence-electron chi connectivity index (χ1n) is 8.02. The van der Waals surface area contributed by atoms with Crippen molar-refractivity contribution >= 4 is 17.5 Å². The maximum absolute atomic E-state index is 13.5. The number of aromatic nitrogens is 3. The molecule has 3 rings (SSSR count). The van der Waals surface area contributed by atoms with Crippen molar-refractivity contribution in [3.8, 4) is 5.82 Å². The number of pyridine rings is 1. The van der Waals surface area contributed by atoms with Gasteiger partial charge in [-0.05, 0) is 30.3 Å². The van der Waals surface area contributed by atoms with Gasteiger partial charge in [-0.1, -0.05) is 0 Å². The van der Waals surface area contributed by atoms with Gasteiger partial charge in [0.05, 0.1) is 17.4 Å². The average Bonchev–Trinajstić information content (AvgIpc) is 3.17. The van der Waals surface area contributed by atoms with Gasteiger partial charge in [0.25, 0.3) is 5.91 Å². The van der Waals surface area contributed by atoms with Crippen LogP contribution in [-0.4, -0.2) is 33.1 Å². The molecule has 0 bridgehead atoms. The van der Waals surface area contributed by atoms with Crippen LogP contribution in [0.15, 0.2) is 55.0 Å². The second-order valence-corrected chi connectivity index (χ2v) is 5.53. The Morgan fingerprint density at radius 2 is 2.00 bits per heavy atom. The second-order valence-electron chi connectivity index (χ2n) is 5.53. The topological polar surface area (TPSA) is 88.9 Å². The van der Waals surface area contributed by atoms with Gasteiger partial charge in [0.2, 0.25) is 5.91 Å². The molecule has 0 unspecified atom stereocenters. The van der Waals surface area contributed by atoms with Crippen LogP contribution in [0, 0.1) is 11.6 Å². The zero-order valence-electron chi connectivity index (χ0n) is 14.0. The van der Waals surface area contributed by atoms with Crippen LogP contribution in [0.3, 0.4) is 0 Å². The van der Waals surface area contributed by atoms with E-state index in [1.54, 1.807) is 35.3 Å². The quantitative estimate of drug-likeness (QED) is 0.696.